The quantitative estimate of drug-likeness (QED) is 0.560. The first-order valence-electron chi connectivity index (χ1n) is 8.33. The number of primary amides is 1. The zero-order chi connectivity index (χ0) is 20.1. The van der Waals surface area contributed by atoms with E-state index in [0.717, 1.165) is 23.1 Å². The highest BCUT2D eigenvalue weighted by atomic mass is 32.2. The first-order valence-corrected chi connectivity index (χ1v) is 10.2. The molecule has 28 heavy (non-hydrogen) atoms. The summed E-state index contributed by atoms with van der Waals surface area (Å²) in [6.45, 7) is 0.198. The van der Waals surface area contributed by atoms with Crippen LogP contribution in [-0.2, 0) is 16.6 Å². The Hall–Kier alpha value is -3.30. The predicted octanol–water partition coefficient (Wildman–Crippen LogP) is 2.04. The van der Waals surface area contributed by atoms with Crippen LogP contribution in [0.25, 0.3) is 11.3 Å². The van der Waals surface area contributed by atoms with E-state index in [9.17, 15) is 13.2 Å². The Morgan fingerprint density at radius 2 is 1.86 bits per heavy atom. The third-order valence-corrected chi connectivity index (χ3v) is 4.52. The number of carbonyl (C=O) groups is 1. The molecule has 1 heterocycles. The summed E-state index contributed by atoms with van der Waals surface area (Å²) in [7, 11) is -3.26. The number of sulfonamides is 1. The van der Waals surface area contributed by atoms with Crippen LogP contribution in [0.4, 0.5) is 11.5 Å². The fourth-order valence-corrected chi connectivity index (χ4v) is 2.97. The lowest BCUT2D eigenvalue weighted by atomic mass is 10.1. The number of nitrogens with one attached hydrogen (secondary N) is 2. The Morgan fingerprint density at radius 3 is 2.61 bits per heavy atom. The second-order valence-electron chi connectivity index (χ2n) is 6.15. The number of aromatic nitrogens is 2. The van der Waals surface area contributed by atoms with Gasteiger partial charge in [0.25, 0.3) is 0 Å². The van der Waals surface area contributed by atoms with Gasteiger partial charge in [-0.25, -0.2) is 23.1 Å². The van der Waals surface area contributed by atoms with Crippen molar-refractivity contribution in [2.45, 2.75) is 6.54 Å². The van der Waals surface area contributed by atoms with Crippen LogP contribution < -0.4 is 15.8 Å². The number of amides is 1. The summed E-state index contributed by atoms with van der Waals surface area (Å²) in [6, 6.07) is 16.0. The van der Waals surface area contributed by atoms with Crippen molar-refractivity contribution in [1.29, 1.82) is 0 Å². The lowest BCUT2D eigenvalue weighted by Crippen LogP contribution is -2.21. The van der Waals surface area contributed by atoms with E-state index in [1.807, 2.05) is 30.3 Å². The molecule has 4 N–H and O–H groups in total. The van der Waals surface area contributed by atoms with Crippen molar-refractivity contribution in [2.75, 3.05) is 11.6 Å². The second kappa shape index (κ2) is 8.15. The van der Waals surface area contributed by atoms with E-state index in [1.54, 1.807) is 24.3 Å². The molecule has 1 amide bonds. The van der Waals surface area contributed by atoms with Crippen molar-refractivity contribution < 1.29 is 13.2 Å². The Kier molecular flexibility index (Phi) is 5.67. The highest BCUT2D eigenvalue weighted by Gasteiger charge is 2.07. The van der Waals surface area contributed by atoms with Crippen LogP contribution in [0, 0.1) is 0 Å². The average Bonchev–Trinajstić information content (AvgIpc) is 2.66. The van der Waals surface area contributed by atoms with E-state index in [0.29, 0.717) is 17.1 Å². The fraction of sp³-hybridized carbons (Fsp3) is 0.105. The molecule has 0 atom stereocenters. The Balaban J connectivity index is 1.80. The van der Waals surface area contributed by atoms with Gasteiger partial charge in [-0.3, -0.25) is 4.79 Å². The third kappa shape index (κ3) is 5.35. The largest absolute Gasteiger partial charge is 0.366 e. The van der Waals surface area contributed by atoms with Gasteiger partial charge in [-0.1, -0.05) is 24.3 Å². The summed E-state index contributed by atoms with van der Waals surface area (Å²) in [6.07, 6.45) is 2.54. The van der Waals surface area contributed by atoms with E-state index in [4.69, 9.17) is 5.73 Å². The van der Waals surface area contributed by atoms with Crippen molar-refractivity contribution in [3.63, 3.8) is 0 Å². The number of carbonyl (C=O) groups excluding carboxylic acids is 1. The lowest BCUT2D eigenvalue weighted by Gasteiger charge is -2.09. The van der Waals surface area contributed by atoms with Gasteiger partial charge in [-0.15, -0.1) is 0 Å². The molecule has 0 radical (unpaired) electrons. The van der Waals surface area contributed by atoms with Crippen LogP contribution in [0.2, 0.25) is 0 Å². The molecule has 9 heteroatoms. The number of nitrogens with zero attached hydrogens (tertiary/aromatic N) is 2. The van der Waals surface area contributed by atoms with Crippen molar-refractivity contribution >= 4 is 27.4 Å². The van der Waals surface area contributed by atoms with Gasteiger partial charge in [0.1, 0.15) is 12.1 Å². The average molecular weight is 397 g/mol. The van der Waals surface area contributed by atoms with Crippen LogP contribution >= 0.6 is 0 Å². The molecule has 0 bridgehead atoms. The van der Waals surface area contributed by atoms with Gasteiger partial charge < -0.3 is 11.1 Å². The summed E-state index contributed by atoms with van der Waals surface area (Å²) in [5.41, 5.74) is 8.67. The summed E-state index contributed by atoms with van der Waals surface area (Å²) in [5.74, 6) is 0.0523. The monoisotopic (exact) mass is 397 g/mol. The third-order valence-electron chi connectivity index (χ3n) is 3.85. The van der Waals surface area contributed by atoms with E-state index in [-0.39, 0.29) is 6.54 Å². The number of hydrogen-bond acceptors (Lipinski definition) is 6. The molecular formula is C19H19N5O3S. The van der Waals surface area contributed by atoms with E-state index >= 15 is 0 Å². The van der Waals surface area contributed by atoms with Gasteiger partial charge in [0, 0.05) is 29.4 Å². The van der Waals surface area contributed by atoms with Crippen LogP contribution in [0.3, 0.4) is 0 Å². The van der Waals surface area contributed by atoms with Crippen LogP contribution in [-0.4, -0.2) is 30.5 Å². The van der Waals surface area contributed by atoms with Crippen molar-refractivity contribution in [3.8, 4) is 11.3 Å². The smallest absolute Gasteiger partial charge is 0.248 e. The molecule has 0 spiro atoms. The van der Waals surface area contributed by atoms with Gasteiger partial charge in [-0.05, 0) is 29.8 Å². The maximum absolute atomic E-state index is 11.4. The van der Waals surface area contributed by atoms with Gasteiger partial charge in [-0.2, -0.15) is 0 Å². The van der Waals surface area contributed by atoms with Gasteiger partial charge >= 0.3 is 0 Å². The molecule has 0 aliphatic carbocycles. The summed E-state index contributed by atoms with van der Waals surface area (Å²) in [5, 5.41) is 3.17. The van der Waals surface area contributed by atoms with Gasteiger partial charge in [0.15, 0.2) is 0 Å². The summed E-state index contributed by atoms with van der Waals surface area (Å²) < 4.78 is 24.9. The van der Waals surface area contributed by atoms with Crippen molar-refractivity contribution in [1.82, 2.24) is 14.7 Å². The van der Waals surface area contributed by atoms with E-state index in [1.165, 1.54) is 6.33 Å². The minimum Gasteiger partial charge on any atom is -0.366 e. The fourth-order valence-electron chi connectivity index (χ4n) is 2.54. The molecule has 0 saturated heterocycles. The molecule has 3 aromatic rings. The molecule has 0 unspecified atom stereocenters. The first-order chi connectivity index (χ1) is 13.3. The zero-order valence-electron chi connectivity index (χ0n) is 15.1. The van der Waals surface area contributed by atoms with Crippen molar-refractivity contribution in [2.24, 2.45) is 5.73 Å². The number of rotatable bonds is 7. The van der Waals surface area contributed by atoms with Crippen LogP contribution in [0.15, 0.2) is 60.9 Å². The predicted molar refractivity (Wildman–Crippen MR) is 107 cm³/mol. The number of hydrogen-bond donors (Lipinski definition) is 3. The Bertz CT molecular complexity index is 1120. The molecule has 8 nitrogen and oxygen atoms in total. The van der Waals surface area contributed by atoms with E-state index in [2.05, 4.69) is 20.0 Å². The molecule has 2 aromatic carbocycles. The highest BCUT2D eigenvalue weighted by molar-refractivity contribution is 7.88. The van der Waals surface area contributed by atoms with Gasteiger partial charge in [0.2, 0.25) is 15.9 Å². The summed E-state index contributed by atoms with van der Waals surface area (Å²) in [4.78, 5) is 19.8. The molecule has 3 rings (SSSR count). The normalized spacial score (nSPS) is 11.2. The molecule has 0 aliphatic heterocycles. The van der Waals surface area contributed by atoms with Crippen molar-refractivity contribution in [3.05, 3.63) is 72.1 Å². The van der Waals surface area contributed by atoms with Crippen LogP contribution in [0.1, 0.15) is 15.9 Å². The van der Waals surface area contributed by atoms with Gasteiger partial charge in [0.05, 0.1) is 11.9 Å². The Labute approximate surface area is 162 Å². The minimum absolute atomic E-state index is 0.198. The molecule has 0 fully saturated rings. The molecule has 0 saturated carbocycles. The molecule has 1 aromatic heterocycles. The van der Waals surface area contributed by atoms with Crippen LogP contribution in [0.5, 0.6) is 0 Å². The van der Waals surface area contributed by atoms with E-state index < -0.39 is 15.9 Å². The number of benzene rings is 2. The number of anilines is 2. The maximum atomic E-state index is 11.4. The second-order valence-corrected chi connectivity index (χ2v) is 7.99. The zero-order valence-corrected chi connectivity index (χ0v) is 15.9. The SMILES string of the molecule is CS(=O)(=O)NCc1cccc(Nc2cc(-c3cccc(C(N)=O)c3)ncn2)c1. The molecule has 144 valence electrons. The minimum atomic E-state index is -3.26. The molecular weight excluding hydrogens is 378 g/mol. The topological polar surface area (TPSA) is 127 Å². The molecule has 0 aliphatic rings. The standard InChI is InChI=1S/C19H19N5O3S/c1-28(26,27)23-11-13-4-2-7-16(8-13)24-18-10-17(21-12-22-18)14-5-3-6-15(9-14)19(20)25/h2-10,12,23H,11H2,1H3,(H2,20,25)(H,21,22,24). The lowest BCUT2D eigenvalue weighted by molar-refractivity contribution is 0.100. The number of nitrogens with two attached hydrogens (primary N) is 1. The first kappa shape index (κ1) is 19.5. The highest BCUT2D eigenvalue weighted by Crippen LogP contribution is 2.22. The Morgan fingerprint density at radius 1 is 1.07 bits per heavy atom. The summed E-state index contributed by atoms with van der Waals surface area (Å²) >= 11 is 0. The maximum Gasteiger partial charge on any atom is 0.248 e.